The monoisotopic (exact) mass is 562 g/mol. The maximum Gasteiger partial charge on any atom is 0.416 e. The summed E-state index contributed by atoms with van der Waals surface area (Å²) in [5.74, 6) is -0.799. The molecule has 4 rings (SSSR count). The first-order chi connectivity index (χ1) is 17.4. The van der Waals surface area contributed by atoms with Gasteiger partial charge in [0.05, 0.1) is 36.5 Å². The molecule has 0 spiro atoms. The van der Waals surface area contributed by atoms with E-state index in [9.17, 15) is 31.1 Å². The van der Waals surface area contributed by atoms with Crippen molar-refractivity contribution >= 4 is 24.1 Å². The SMILES string of the molecule is COc1ccccc1-c1cc(C(=O)Oc2nn(Cc3ccc(C(F)(F)F)cc3C(F)(F)F)cc2N)no1.Cl. The molecule has 4 aromatic rings. The number of rotatable bonds is 6. The predicted molar refractivity (Wildman–Crippen MR) is 123 cm³/mol. The van der Waals surface area contributed by atoms with Crippen LogP contribution in [0.25, 0.3) is 11.3 Å². The third-order valence-corrected chi connectivity index (χ3v) is 5.11. The number of esters is 1. The summed E-state index contributed by atoms with van der Waals surface area (Å²) >= 11 is 0. The Morgan fingerprint density at radius 1 is 1.05 bits per heavy atom. The zero-order chi connectivity index (χ0) is 27.0. The minimum Gasteiger partial charge on any atom is -0.496 e. The highest BCUT2D eigenvalue weighted by atomic mass is 35.5. The molecule has 0 radical (unpaired) electrons. The average Bonchev–Trinajstić information content (AvgIpc) is 3.45. The van der Waals surface area contributed by atoms with Gasteiger partial charge in [-0.2, -0.15) is 26.3 Å². The summed E-state index contributed by atoms with van der Waals surface area (Å²) in [5.41, 5.74) is 2.39. The molecule has 0 aliphatic carbocycles. The maximum atomic E-state index is 13.4. The Hall–Kier alpha value is -4.20. The normalized spacial score (nSPS) is 11.7. The molecular weight excluding hydrogens is 546 g/mol. The molecule has 0 amide bonds. The quantitative estimate of drug-likeness (QED) is 0.232. The summed E-state index contributed by atoms with van der Waals surface area (Å²) in [7, 11) is 1.45. The van der Waals surface area contributed by atoms with Crippen molar-refractivity contribution in [2.45, 2.75) is 18.9 Å². The molecule has 2 aromatic heterocycles. The average molecular weight is 563 g/mol. The molecule has 0 aliphatic heterocycles. The number of carbonyl (C=O) groups is 1. The number of nitrogens with two attached hydrogens (primary N) is 1. The molecular formula is C23H17ClF6N4O4. The maximum absolute atomic E-state index is 13.4. The van der Waals surface area contributed by atoms with Crippen LogP contribution in [0.1, 0.15) is 27.2 Å². The van der Waals surface area contributed by atoms with E-state index in [1.54, 1.807) is 24.3 Å². The number of para-hydroxylation sites is 1. The third kappa shape index (κ3) is 6.02. The minimum absolute atomic E-state index is 0. The summed E-state index contributed by atoms with van der Waals surface area (Å²) in [6.07, 6.45) is -8.94. The fourth-order valence-corrected chi connectivity index (χ4v) is 3.40. The van der Waals surface area contributed by atoms with Crippen molar-refractivity contribution in [3.63, 3.8) is 0 Å². The molecule has 0 fully saturated rings. The topological polar surface area (TPSA) is 105 Å². The van der Waals surface area contributed by atoms with Gasteiger partial charge >= 0.3 is 18.3 Å². The number of hydrogen-bond donors (Lipinski definition) is 1. The van der Waals surface area contributed by atoms with Crippen molar-refractivity contribution in [1.82, 2.24) is 14.9 Å². The van der Waals surface area contributed by atoms with Crippen LogP contribution in [0, 0.1) is 0 Å². The molecule has 15 heteroatoms. The van der Waals surface area contributed by atoms with Crippen LogP contribution in [0.3, 0.4) is 0 Å². The summed E-state index contributed by atoms with van der Waals surface area (Å²) in [4.78, 5) is 12.5. The smallest absolute Gasteiger partial charge is 0.416 e. The molecule has 0 bridgehead atoms. The van der Waals surface area contributed by atoms with Gasteiger partial charge in [0.25, 0.3) is 5.88 Å². The fourth-order valence-electron chi connectivity index (χ4n) is 3.40. The van der Waals surface area contributed by atoms with Crippen LogP contribution in [0.5, 0.6) is 11.6 Å². The van der Waals surface area contributed by atoms with E-state index < -0.39 is 47.4 Å². The number of anilines is 1. The van der Waals surface area contributed by atoms with Gasteiger partial charge in [0.1, 0.15) is 11.4 Å². The predicted octanol–water partition coefficient (Wildman–Crippen LogP) is 5.86. The first-order valence-corrected chi connectivity index (χ1v) is 10.3. The van der Waals surface area contributed by atoms with Crippen molar-refractivity contribution in [3.8, 4) is 23.0 Å². The largest absolute Gasteiger partial charge is 0.496 e. The van der Waals surface area contributed by atoms with E-state index in [-0.39, 0.29) is 35.6 Å². The lowest BCUT2D eigenvalue weighted by atomic mass is 10.0. The van der Waals surface area contributed by atoms with Crippen LogP contribution in [-0.4, -0.2) is 28.0 Å². The lowest BCUT2D eigenvalue weighted by Gasteiger charge is -2.16. The molecule has 0 saturated heterocycles. The van der Waals surface area contributed by atoms with Crippen LogP contribution in [0.2, 0.25) is 0 Å². The molecule has 2 heterocycles. The number of halogens is 7. The number of nitrogens with zero attached hydrogens (tertiary/aromatic N) is 3. The van der Waals surface area contributed by atoms with E-state index in [4.69, 9.17) is 19.7 Å². The van der Waals surface area contributed by atoms with Crippen molar-refractivity contribution in [2.75, 3.05) is 12.8 Å². The molecule has 202 valence electrons. The van der Waals surface area contributed by atoms with E-state index in [1.807, 2.05) is 0 Å². The van der Waals surface area contributed by atoms with Crippen LogP contribution >= 0.6 is 12.4 Å². The molecule has 2 N–H and O–H groups in total. The number of hydrogen-bond acceptors (Lipinski definition) is 7. The molecule has 0 unspecified atom stereocenters. The van der Waals surface area contributed by atoms with Gasteiger partial charge in [0.2, 0.25) is 0 Å². The second-order valence-electron chi connectivity index (χ2n) is 7.62. The second-order valence-corrected chi connectivity index (χ2v) is 7.62. The van der Waals surface area contributed by atoms with E-state index in [2.05, 4.69) is 10.3 Å². The molecule has 0 saturated carbocycles. The third-order valence-electron chi connectivity index (χ3n) is 5.11. The van der Waals surface area contributed by atoms with Crippen LogP contribution in [0.4, 0.5) is 32.0 Å². The van der Waals surface area contributed by atoms with Gasteiger partial charge in [-0.05, 0) is 29.8 Å². The Balaban J connectivity index is 0.00000400. The second kappa shape index (κ2) is 10.7. The van der Waals surface area contributed by atoms with Crippen molar-refractivity contribution in [3.05, 3.63) is 77.1 Å². The Morgan fingerprint density at radius 2 is 1.76 bits per heavy atom. The van der Waals surface area contributed by atoms with Gasteiger partial charge in [-0.15, -0.1) is 17.5 Å². The summed E-state index contributed by atoms with van der Waals surface area (Å²) < 4.78 is 95.4. The summed E-state index contributed by atoms with van der Waals surface area (Å²) in [5, 5.41) is 7.48. The zero-order valence-corrected chi connectivity index (χ0v) is 19.9. The lowest BCUT2D eigenvalue weighted by Crippen LogP contribution is -2.15. The number of methoxy groups -OCH3 is 1. The zero-order valence-electron chi connectivity index (χ0n) is 19.1. The number of alkyl halides is 6. The first kappa shape index (κ1) is 28.4. The molecule has 2 aromatic carbocycles. The van der Waals surface area contributed by atoms with Crippen molar-refractivity contribution in [2.24, 2.45) is 0 Å². The van der Waals surface area contributed by atoms with E-state index in [0.717, 1.165) is 10.9 Å². The summed E-state index contributed by atoms with van der Waals surface area (Å²) in [6, 6.07) is 9.32. The van der Waals surface area contributed by atoms with Gasteiger partial charge in [0.15, 0.2) is 11.5 Å². The van der Waals surface area contributed by atoms with Crippen molar-refractivity contribution < 1.29 is 45.1 Å². The Labute approximate surface area is 216 Å². The Kier molecular flexibility index (Phi) is 7.95. The standard InChI is InChI=1S/C23H16F6N4O4.ClH/c1-35-18-5-3-2-4-14(18)19-9-17(32-37-19)21(34)36-20-16(30)11-33(31-20)10-12-6-7-13(22(24,25)26)8-15(12)23(27,28)29;/h2-9,11H,10,30H2,1H3;1H. The lowest BCUT2D eigenvalue weighted by molar-refractivity contribution is -0.143. The number of benzene rings is 2. The van der Waals surface area contributed by atoms with Crippen LogP contribution in [-0.2, 0) is 18.9 Å². The number of carbonyl (C=O) groups excluding carboxylic acids is 1. The van der Waals surface area contributed by atoms with E-state index >= 15 is 0 Å². The number of ether oxygens (including phenoxy) is 2. The first-order valence-electron chi connectivity index (χ1n) is 10.3. The van der Waals surface area contributed by atoms with Gasteiger partial charge in [-0.3, -0.25) is 4.68 Å². The van der Waals surface area contributed by atoms with Gasteiger partial charge in [-0.1, -0.05) is 23.4 Å². The molecule has 0 aliphatic rings. The van der Waals surface area contributed by atoms with Crippen LogP contribution in [0.15, 0.2) is 59.3 Å². The molecule has 8 nitrogen and oxygen atoms in total. The Bertz CT molecular complexity index is 1450. The fraction of sp³-hybridized carbons (Fsp3) is 0.174. The highest BCUT2D eigenvalue weighted by molar-refractivity contribution is 5.90. The van der Waals surface area contributed by atoms with Gasteiger partial charge in [-0.25, -0.2) is 4.79 Å². The minimum atomic E-state index is -5.06. The number of nitrogen functional groups attached to an aromatic ring is 1. The van der Waals surface area contributed by atoms with Crippen molar-refractivity contribution in [1.29, 1.82) is 0 Å². The van der Waals surface area contributed by atoms with Gasteiger partial charge < -0.3 is 19.7 Å². The van der Waals surface area contributed by atoms with E-state index in [0.29, 0.717) is 23.4 Å². The summed E-state index contributed by atoms with van der Waals surface area (Å²) in [6.45, 7) is -0.601. The Morgan fingerprint density at radius 3 is 2.42 bits per heavy atom. The molecule has 38 heavy (non-hydrogen) atoms. The molecule has 0 atom stereocenters. The van der Waals surface area contributed by atoms with Crippen LogP contribution < -0.4 is 15.2 Å². The van der Waals surface area contributed by atoms with E-state index in [1.165, 1.54) is 13.2 Å². The number of aromatic nitrogens is 3. The highest BCUT2D eigenvalue weighted by Gasteiger charge is 2.38. The van der Waals surface area contributed by atoms with Gasteiger partial charge in [0, 0.05) is 6.07 Å². The highest BCUT2D eigenvalue weighted by Crippen LogP contribution is 2.38.